The van der Waals surface area contributed by atoms with Crippen molar-refractivity contribution in [3.63, 3.8) is 0 Å². The van der Waals surface area contributed by atoms with Crippen molar-refractivity contribution >= 4 is 5.96 Å². The molecule has 0 radical (unpaired) electrons. The van der Waals surface area contributed by atoms with Crippen molar-refractivity contribution in [2.75, 3.05) is 33.7 Å². The molecule has 116 valence electrons. The first kappa shape index (κ1) is 15.8. The lowest BCUT2D eigenvalue weighted by Gasteiger charge is -2.30. The molecule has 0 spiro atoms. The van der Waals surface area contributed by atoms with Crippen LogP contribution in [-0.2, 0) is 6.54 Å². The fraction of sp³-hybridized carbons (Fsp3) is 0.562. The smallest absolute Gasteiger partial charge is 0.191 e. The molecule has 1 aromatic carbocycles. The molecule has 21 heavy (non-hydrogen) atoms. The van der Waals surface area contributed by atoms with Crippen LogP contribution in [0.25, 0.3) is 0 Å². The first-order valence-corrected chi connectivity index (χ1v) is 7.55. The van der Waals surface area contributed by atoms with Gasteiger partial charge in [0.25, 0.3) is 0 Å². The van der Waals surface area contributed by atoms with E-state index in [1.165, 1.54) is 25.5 Å². The molecule has 5 heteroatoms. The van der Waals surface area contributed by atoms with Gasteiger partial charge in [-0.2, -0.15) is 0 Å². The first-order valence-electron chi connectivity index (χ1n) is 7.55. The van der Waals surface area contributed by atoms with Crippen LogP contribution in [-0.4, -0.2) is 44.6 Å². The van der Waals surface area contributed by atoms with E-state index in [2.05, 4.69) is 27.6 Å². The number of hydrogen-bond donors (Lipinski definition) is 2. The number of likely N-dealkylation sites (tertiary alicyclic amines) is 1. The lowest BCUT2D eigenvalue weighted by Crippen LogP contribution is -2.43. The third kappa shape index (κ3) is 5.01. The van der Waals surface area contributed by atoms with Crippen molar-refractivity contribution < 1.29 is 4.39 Å². The largest absolute Gasteiger partial charge is 0.356 e. The van der Waals surface area contributed by atoms with E-state index >= 15 is 0 Å². The van der Waals surface area contributed by atoms with Crippen LogP contribution in [0.1, 0.15) is 18.4 Å². The molecular weight excluding hydrogens is 267 g/mol. The van der Waals surface area contributed by atoms with Crippen LogP contribution in [0.2, 0.25) is 0 Å². The molecule has 2 N–H and O–H groups in total. The van der Waals surface area contributed by atoms with Gasteiger partial charge < -0.3 is 15.5 Å². The summed E-state index contributed by atoms with van der Waals surface area (Å²) in [5.41, 5.74) is 0.651. The Hall–Kier alpha value is -1.62. The topological polar surface area (TPSA) is 39.7 Å². The van der Waals surface area contributed by atoms with Gasteiger partial charge in [0, 0.05) is 32.2 Å². The van der Waals surface area contributed by atoms with Crippen molar-refractivity contribution in [3.8, 4) is 0 Å². The van der Waals surface area contributed by atoms with Crippen LogP contribution in [0.5, 0.6) is 0 Å². The highest BCUT2D eigenvalue weighted by atomic mass is 19.1. The van der Waals surface area contributed by atoms with Gasteiger partial charge in [-0.1, -0.05) is 18.2 Å². The summed E-state index contributed by atoms with van der Waals surface area (Å²) in [7, 11) is 3.90. The van der Waals surface area contributed by atoms with Crippen LogP contribution in [0.3, 0.4) is 0 Å². The Morgan fingerprint density at radius 2 is 2.19 bits per heavy atom. The monoisotopic (exact) mass is 292 g/mol. The SMILES string of the molecule is CN=C(NCc1ccccc1F)NCC1CCCN(C)C1. The molecule has 1 aromatic rings. The highest BCUT2D eigenvalue weighted by molar-refractivity contribution is 5.79. The van der Waals surface area contributed by atoms with Gasteiger partial charge in [0.05, 0.1) is 0 Å². The zero-order valence-corrected chi connectivity index (χ0v) is 12.9. The van der Waals surface area contributed by atoms with E-state index in [-0.39, 0.29) is 5.82 Å². The van der Waals surface area contributed by atoms with E-state index in [9.17, 15) is 4.39 Å². The van der Waals surface area contributed by atoms with Gasteiger partial charge in [0.1, 0.15) is 5.82 Å². The normalized spacial score (nSPS) is 20.3. The fourth-order valence-corrected chi connectivity index (χ4v) is 2.72. The first-order chi connectivity index (χ1) is 10.2. The molecule has 0 bridgehead atoms. The molecule has 1 saturated heterocycles. The molecule has 0 saturated carbocycles. The van der Waals surface area contributed by atoms with E-state index in [4.69, 9.17) is 0 Å². The summed E-state index contributed by atoms with van der Waals surface area (Å²) in [5, 5.41) is 6.50. The molecule has 0 aromatic heterocycles. The van der Waals surface area contributed by atoms with E-state index < -0.39 is 0 Å². The van der Waals surface area contributed by atoms with Crippen molar-refractivity contribution in [1.82, 2.24) is 15.5 Å². The highest BCUT2D eigenvalue weighted by Gasteiger charge is 2.17. The molecule has 1 unspecified atom stereocenters. The summed E-state index contributed by atoms with van der Waals surface area (Å²) in [6, 6.07) is 6.80. The molecule has 1 aliphatic rings. The minimum absolute atomic E-state index is 0.186. The zero-order valence-electron chi connectivity index (χ0n) is 12.9. The Morgan fingerprint density at radius 1 is 1.38 bits per heavy atom. The Morgan fingerprint density at radius 3 is 2.90 bits per heavy atom. The zero-order chi connectivity index (χ0) is 15.1. The predicted octanol–water partition coefficient (Wildman–Crippen LogP) is 1.83. The predicted molar refractivity (Wildman–Crippen MR) is 84.8 cm³/mol. The number of guanidine groups is 1. The highest BCUT2D eigenvalue weighted by Crippen LogP contribution is 2.13. The summed E-state index contributed by atoms with van der Waals surface area (Å²) in [4.78, 5) is 6.56. The van der Waals surface area contributed by atoms with Crippen molar-refractivity contribution in [1.29, 1.82) is 0 Å². The van der Waals surface area contributed by atoms with Gasteiger partial charge in [-0.3, -0.25) is 4.99 Å². The summed E-state index contributed by atoms with van der Waals surface area (Å²) in [5.74, 6) is 1.19. The van der Waals surface area contributed by atoms with Gasteiger partial charge in [-0.15, -0.1) is 0 Å². The lowest BCUT2D eigenvalue weighted by atomic mass is 9.99. The second-order valence-corrected chi connectivity index (χ2v) is 5.67. The van der Waals surface area contributed by atoms with Gasteiger partial charge >= 0.3 is 0 Å². The second kappa shape index (κ2) is 7.98. The van der Waals surface area contributed by atoms with Crippen LogP contribution in [0.4, 0.5) is 4.39 Å². The molecule has 0 aliphatic carbocycles. The van der Waals surface area contributed by atoms with Crippen LogP contribution in [0, 0.1) is 11.7 Å². The fourth-order valence-electron chi connectivity index (χ4n) is 2.72. The average molecular weight is 292 g/mol. The standard InChI is InChI=1S/C16H25FN4/c1-18-16(19-10-13-6-5-9-21(2)12-13)20-11-14-7-3-4-8-15(14)17/h3-4,7-8,13H,5-6,9-12H2,1-2H3,(H2,18,19,20). The maximum atomic E-state index is 13.6. The molecule has 0 amide bonds. The van der Waals surface area contributed by atoms with Crippen LogP contribution >= 0.6 is 0 Å². The minimum atomic E-state index is -0.186. The number of benzene rings is 1. The summed E-state index contributed by atoms with van der Waals surface area (Å²) >= 11 is 0. The maximum Gasteiger partial charge on any atom is 0.191 e. The molecule has 2 rings (SSSR count). The number of halogens is 1. The lowest BCUT2D eigenvalue weighted by molar-refractivity contribution is 0.210. The quantitative estimate of drug-likeness (QED) is 0.657. The number of hydrogen-bond acceptors (Lipinski definition) is 2. The molecule has 1 atom stereocenters. The average Bonchev–Trinajstić information content (AvgIpc) is 2.49. The van der Waals surface area contributed by atoms with Gasteiger partial charge in [-0.25, -0.2) is 4.39 Å². The number of piperidine rings is 1. The Balaban J connectivity index is 1.77. The second-order valence-electron chi connectivity index (χ2n) is 5.67. The van der Waals surface area contributed by atoms with Crippen molar-refractivity contribution in [2.45, 2.75) is 19.4 Å². The summed E-state index contributed by atoms with van der Waals surface area (Å²) in [6.45, 7) is 3.66. The Kier molecular flexibility index (Phi) is 5.99. The Bertz CT molecular complexity index is 475. The molecule has 1 fully saturated rings. The summed E-state index contributed by atoms with van der Waals surface area (Å²) in [6.07, 6.45) is 2.51. The van der Waals surface area contributed by atoms with Gasteiger partial charge in [0.15, 0.2) is 5.96 Å². The molecule has 1 heterocycles. The maximum absolute atomic E-state index is 13.6. The van der Waals surface area contributed by atoms with Crippen LogP contribution < -0.4 is 10.6 Å². The Labute approximate surface area is 126 Å². The van der Waals surface area contributed by atoms with E-state index in [1.54, 1.807) is 19.2 Å². The van der Waals surface area contributed by atoms with E-state index in [0.717, 1.165) is 19.0 Å². The van der Waals surface area contributed by atoms with E-state index in [0.29, 0.717) is 18.0 Å². The van der Waals surface area contributed by atoms with Crippen LogP contribution in [0.15, 0.2) is 29.3 Å². The summed E-state index contributed by atoms with van der Waals surface area (Å²) < 4.78 is 13.6. The van der Waals surface area contributed by atoms with Gasteiger partial charge in [-0.05, 0) is 38.4 Å². The number of rotatable bonds is 4. The molecular formula is C16H25FN4. The third-order valence-corrected chi connectivity index (χ3v) is 3.91. The molecule has 1 aliphatic heterocycles. The molecule has 4 nitrogen and oxygen atoms in total. The number of nitrogens with one attached hydrogen (secondary N) is 2. The van der Waals surface area contributed by atoms with E-state index in [1.807, 2.05) is 6.07 Å². The minimum Gasteiger partial charge on any atom is -0.356 e. The third-order valence-electron chi connectivity index (χ3n) is 3.91. The number of nitrogens with zero attached hydrogens (tertiary/aromatic N) is 2. The number of aliphatic imine (C=N–C) groups is 1. The van der Waals surface area contributed by atoms with Crippen molar-refractivity contribution in [2.24, 2.45) is 10.9 Å². The van der Waals surface area contributed by atoms with Crippen molar-refractivity contribution in [3.05, 3.63) is 35.6 Å². The van der Waals surface area contributed by atoms with Gasteiger partial charge in [0.2, 0.25) is 0 Å².